The summed E-state index contributed by atoms with van der Waals surface area (Å²) in [6.07, 6.45) is 1.58. The van der Waals surface area contributed by atoms with Gasteiger partial charge in [0.2, 0.25) is 0 Å². The maximum absolute atomic E-state index is 12.1. The Labute approximate surface area is 96.6 Å². The normalized spacial score (nSPS) is 10.8. The Morgan fingerprint density at radius 2 is 2.18 bits per heavy atom. The van der Waals surface area contributed by atoms with E-state index in [2.05, 4.69) is 9.84 Å². The van der Waals surface area contributed by atoms with Crippen LogP contribution in [0.3, 0.4) is 0 Å². The van der Waals surface area contributed by atoms with Crippen LogP contribution in [0.2, 0.25) is 0 Å². The van der Waals surface area contributed by atoms with Crippen LogP contribution < -0.4 is 10.5 Å². The molecule has 1 heterocycles. The third kappa shape index (κ3) is 2.35. The number of halogens is 2. The molecule has 0 amide bonds. The van der Waals surface area contributed by atoms with E-state index in [9.17, 15) is 8.78 Å². The zero-order valence-electron chi connectivity index (χ0n) is 9.10. The molecule has 0 radical (unpaired) electrons. The molecule has 2 N–H and O–H groups in total. The van der Waals surface area contributed by atoms with E-state index in [0.717, 1.165) is 0 Å². The van der Waals surface area contributed by atoms with Gasteiger partial charge in [-0.05, 0) is 17.7 Å². The fraction of sp³-hybridized carbons (Fsp3) is 0.182. The predicted octanol–water partition coefficient (Wildman–Crippen LogP) is 2.27. The molecule has 1 aromatic carbocycles. The summed E-state index contributed by atoms with van der Waals surface area (Å²) < 4.78 is 30.0. The van der Waals surface area contributed by atoms with Crippen LogP contribution in [0.15, 0.2) is 30.5 Å². The number of aryl methyl sites for hydroxylation is 1. The second-order valence-electron chi connectivity index (χ2n) is 3.47. The first-order valence-electron chi connectivity index (χ1n) is 4.90. The lowest BCUT2D eigenvalue weighted by molar-refractivity contribution is -0.0498. The Morgan fingerprint density at radius 1 is 1.41 bits per heavy atom. The minimum Gasteiger partial charge on any atom is -0.435 e. The molecule has 0 aliphatic rings. The van der Waals surface area contributed by atoms with Crippen LogP contribution in [-0.4, -0.2) is 16.4 Å². The van der Waals surface area contributed by atoms with Crippen LogP contribution in [-0.2, 0) is 7.05 Å². The number of alkyl halides is 2. The van der Waals surface area contributed by atoms with Crippen molar-refractivity contribution in [1.29, 1.82) is 0 Å². The van der Waals surface area contributed by atoms with Crippen molar-refractivity contribution in [2.24, 2.45) is 7.05 Å². The van der Waals surface area contributed by atoms with E-state index in [4.69, 9.17) is 5.73 Å². The number of nitrogen functional groups attached to an aromatic ring is 1. The highest BCUT2D eigenvalue weighted by Crippen LogP contribution is 2.28. The maximum Gasteiger partial charge on any atom is 0.387 e. The molecule has 6 heteroatoms. The van der Waals surface area contributed by atoms with Crippen LogP contribution in [0.1, 0.15) is 0 Å². The first kappa shape index (κ1) is 11.4. The van der Waals surface area contributed by atoms with Gasteiger partial charge in [-0.25, -0.2) is 0 Å². The molecule has 2 aromatic rings. The summed E-state index contributed by atoms with van der Waals surface area (Å²) >= 11 is 0. The van der Waals surface area contributed by atoms with Gasteiger partial charge in [0.25, 0.3) is 0 Å². The molecular formula is C11H11F2N3O. The van der Waals surface area contributed by atoms with E-state index >= 15 is 0 Å². The summed E-state index contributed by atoms with van der Waals surface area (Å²) in [5.74, 6) is 0.569. The standard InChI is InChI=1S/C11H11F2N3O/c1-16-10(14)9(6-15-16)7-3-2-4-8(5-7)17-11(12)13/h2-6,11H,14H2,1H3. The van der Waals surface area contributed by atoms with Crippen LogP contribution >= 0.6 is 0 Å². The summed E-state index contributed by atoms with van der Waals surface area (Å²) in [6, 6.07) is 6.34. The number of benzene rings is 1. The van der Waals surface area contributed by atoms with Gasteiger partial charge in [-0.1, -0.05) is 12.1 Å². The van der Waals surface area contributed by atoms with Crippen molar-refractivity contribution in [1.82, 2.24) is 9.78 Å². The first-order valence-corrected chi connectivity index (χ1v) is 4.90. The fourth-order valence-corrected chi connectivity index (χ4v) is 1.51. The van der Waals surface area contributed by atoms with E-state index in [1.54, 1.807) is 25.4 Å². The monoisotopic (exact) mass is 239 g/mol. The van der Waals surface area contributed by atoms with Crippen LogP contribution in [0, 0.1) is 0 Å². The van der Waals surface area contributed by atoms with Crippen molar-refractivity contribution in [3.8, 4) is 16.9 Å². The van der Waals surface area contributed by atoms with Crippen molar-refractivity contribution >= 4 is 5.82 Å². The molecule has 0 unspecified atom stereocenters. The lowest BCUT2D eigenvalue weighted by atomic mass is 10.1. The number of nitrogens with two attached hydrogens (primary N) is 1. The quantitative estimate of drug-likeness (QED) is 0.893. The van der Waals surface area contributed by atoms with E-state index < -0.39 is 6.61 Å². The molecular weight excluding hydrogens is 228 g/mol. The maximum atomic E-state index is 12.1. The molecule has 0 bridgehead atoms. The van der Waals surface area contributed by atoms with Gasteiger partial charge in [0.1, 0.15) is 11.6 Å². The number of hydrogen-bond donors (Lipinski definition) is 1. The third-order valence-electron chi connectivity index (χ3n) is 2.35. The Balaban J connectivity index is 2.36. The third-order valence-corrected chi connectivity index (χ3v) is 2.35. The van der Waals surface area contributed by atoms with Gasteiger partial charge >= 0.3 is 6.61 Å². The molecule has 1 aromatic heterocycles. The predicted molar refractivity (Wildman–Crippen MR) is 59.7 cm³/mol. The highest BCUT2D eigenvalue weighted by atomic mass is 19.3. The SMILES string of the molecule is Cn1ncc(-c2cccc(OC(F)F)c2)c1N. The highest BCUT2D eigenvalue weighted by Gasteiger charge is 2.09. The van der Waals surface area contributed by atoms with Gasteiger partial charge in [0.15, 0.2) is 0 Å². The van der Waals surface area contributed by atoms with Crippen molar-refractivity contribution in [2.45, 2.75) is 6.61 Å². The second kappa shape index (κ2) is 4.40. The average Bonchev–Trinajstić information content (AvgIpc) is 2.59. The molecule has 90 valence electrons. The van der Waals surface area contributed by atoms with Gasteiger partial charge in [-0.3, -0.25) is 4.68 Å². The zero-order valence-corrected chi connectivity index (χ0v) is 9.10. The number of ether oxygens (including phenoxy) is 1. The molecule has 0 saturated heterocycles. The van der Waals surface area contributed by atoms with Gasteiger partial charge in [0, 0.05) is 12.6 Å². The molecule has 0 atom stereocenters. The van der Waals surface area contributed by atoms with Crippen molar-refractivity contribution in [2.75, 3.05) is 5.73 Å². The summed E-state index contributed by atoms with van der Waals surface area (Å²) in [5.41, 5.74) is 7.17. The van der Waals surface area contributed by atoms with E-state index in [-0.39, 0.29) is 5.75 Å². The minimum atomic E-state index is -2.84. The van der Waals surface area contributed by atoms with Gasteiger partial charge in [-0.2, -0.15) is 13.9 Å². The van der Waals surface area contributed by atoms with Gasteiger partial charge in [0.05, 0.1) is 6.20 Å². The number of hydrogen-bond acceptors (Lipinski definition) is 3. The number of anilines is 1. The molecule has 0 fully saturated rings. The van der Waals surface area contributed by atoms with Gasteiger partial charge in [-0.15, -0.1) is 0 Å². The summed E-state index contributed by atoms with van der Waals surface area (Å²) in [4.78, 5) is 0. The Hall–Kier alpha value is -2.11. The molecule has 0 aliphatic heterocycles. The summed E-state index contributed by atoms with van der Waals surface area (Å²) in [5, 5.41) is 3.99. The van der Waals surface area contributed by atoms with Crippen molar-refractivity contribution < 1.29 is 13.5 Å². The summed E-state index contributed by atoms with van der Waals surface area (Å²) in [6.45, 7) is -2.84. The smallest absolute Gasteiger partial charge is 0.387 e. The van der Waals surface area contributed by atoms with E-state index in [1.165, 1.54) is 16.8 Å². The number of nitrogens with zero attached hydrogens (tertiary/aromatic N) is 2. The molecule has 4 nitrogen and oxygen atoms in total. The Kier molecular flexibility index (Phi) is 2.95. The van der Waals surface area contributed by atoms with E-state index in [1.807, 2.05) is 0 Å². The van der Waals surface area contributed by atoms with E-state index in [0.29, 0.717) is 16.9 Å². The average molecular weight is 239 g/mol. The number of aromatic nitrogens is 2. The molecule has 0 aliphatic carbocycles. The van der Waals surface area contributed by atoms with Crippen LogP contribution in [0.25, 0.3) is 11.1 Å². The minimum absolute atomic E-state index is 0.0979. The Morgan fingerprint density at radius 3 is 2.76 bits per heavy atom. The van der Waals surface area contributed by atoms with Gasteiger partial charge < -0.3 is 10.5 Å². The van der Waals surface area contributed by atoms with Crippen molar-refractivity contribution in [3.63, 3.8) is 0 Å². The molecule has 17 heavy (non-hydrogen) atoms. The lowest BCUT2D eigenvalue weighted by Gasteiger charge is -2.06. The summed E-state index contributed by atoms with van der Waals surface area (Å²) in [7, 11) is 1.71. The lowest BCUT2D eigenvalue weighted by Crippen LogP contribution is -2.02. The zero-order chi connectivity index (χ0) is 12.4. The largest absolute Gasteiger partial charge is 0.435 e. The van der Waals surface area contributed by atoms with Crippen LogP contribution in [0.5, 0.6) is 5.75 Å². The topological polar surface area (TPSA) is 53.1 Å². The van der Waals surface area contributed by atoms with Crippen LogP contribution in [0.4, 0.5) is 14.6 Å². The Bertz CT molecular complexity index is 525. The molecule has 0 spiro atoms. The second-order valence-corrected chi connectivity index (χ2v) is 3.47. The van der Waals surface area contributed by atoms with Crippen molar-refractivity contribution in [3.05, 3.63) is 30.5 Å². The first-order chi connectivity index (χ1) is 8.08. The number of rotatable bonds is 3. The molecule has 0 saturated carbocycles. The molecule has 2 rings (SSSR count). The highest BCUT2D eigenvalue weighted by molar-refractivity contribution is 5.74. The fourth-order valence-electron chi connectivity index (χ4n) is 1.51.